The van der Waals surface area contributed by atoms with E-state index in [1.807, 2.05) is 0 Å². The van der Waals surface area contributed by atoms with E-state index >= 15 is 0 Å². The second-order valence-electron chi connectivity index (χ2n) is 3.25. The van der Waals surface area contributed by atoms with Crippen molar-refractivity contribution in [3.05, 3.63) is 0 Å². The summed E-state index contributed by atoms with van der Waals surface area (Å²) in [5.74, 6) is -2.37. The number of carboxylic acid groups (broad SMARTS) is 2. The van der Waals surface area contributed by atoms with Crippen molar-refractivity contribution in [2.45, 2.75) is 26.1 Å². The van der Waals surface area contributed by atoms with Gasteiger partial charge >= 0.3 is 46.7 Å². The van der Waals surface area contributed by atoms with Crippen molar-refractivity contribution in [2.24, 2.45) is 0 Å². The van der Waals surface area contributed by atoms with Gasteiger partial charge in [-0.2, -0.15) is 0 Å². The van der Waals surface area contributed by atoms with E-state index in [0.717, 1.165) is 0 Å². The number of aliphatic carboxylic acids is 2. The van der Waals surface area contributed by atoms with E-state index < -0.39 is 55.3 Å². The normalized spacial score (nSPS) is 11.7. The Morgan fingerprint density at radius 3 is 0.621 bits per heavy atom. The fourth-order valence-electron chi connectivity index (χ4n) is 0. The predicted molar refractivity (Wildman–Crippen MR) is 81.6 cm³/mol. The molecule has 0 spiro atoms. The van der Waals surface area contributed by atoms with Crippen LogP contribution >= 0.6 is 0 Å². The molecule has 0 aromatic rings. The summed E-state index contributed by atoms with van der Waals surface area (Å²) in [5, 5.41) is 31.5. The molecule has 0 fully saturated rings. The van der Waals surface area contributed by atoms with E-state index in [2.05, 4.69) is 0 Å². The Kier molecular flexibility index (Phi) is 35.8. The topological polar surface area (TPSA) is 356 Å². The zero-order valence-corrected chi connectivity index (χ0v) is 18.8. The van der Waals surface area contributed by atoms with Gasteiger partial charge in [0.2, 0.25) is 0 Å². The molecule has 0 aliphatic rings. The van der Waals surface area contributed by atoms with Crippen LogP contribution in [0.3, 0.4) is 0 Å². The molecule has 0 aromatic carbocycles. The smallest absolute Gasteiger partial charge is 0.759 e. The maximum Gasteiger partial charge on any atom is 3.00 e. The summed E-state index contributed by atoms with van der Waals surface area (Å²) in [6.07, 6.45) is -2.46. The minimum absolute atomic E-state index is 0. The second-order valence-corrected chi connectivity index (χ2v) is 5.70. The molecule has 0 radical (unpaired) electrons. The largest absolute Gasteiger partial charge is 3.00 e. The van der Waals surface area contributed by atoms with Crippen molar-refractivity contribution < 1.29 is 82.6 Å². The molecule has 18 nitrogen and oxygen atoms in total. The summed E-state index contributed by atoms with van der Waals surface area (Å²) in [7, 11) is -15.5. The Labute approximate surface area is 186 Å². The number of carboxylic acids is 2. The van der Waals surface area contributed by atoms with Crippen molar-refractivity contribution in [1.29, 1.82) is 0 Å². The van der Waals surface area contributed by atoms with Crippen LogP contribution in [0.15, 0.2) is 0 Å². The third kappa shape index (κ3) is 316. The number of carbonyl (C=O) groups is 2. The van der Waals surface area contributed by atoms with Crippen LogP contribution in [0, 0.1) is 0 Å². The van der Waals surface area contributed by atoms with Crippen molar-refractivity contribution in [1.82, 2.24) is 0 Å². The first-order chi connectivity index (χ1) is 11.3. The Balaban J connectivity index is -0.0000000411. The van der Waals surface area contributed by atoms with E-state index in [0.29, 0.717) is 0 Å². The van der Waals surface area contributed by atoms with Crippen molar-refractivity contribution in [2.75, 3.05) is 0 Å². The molecule has 2 atom stereocenters. The van der Waals surface area contributed by atoms with E-state index in [-0.39, 0.29) is 34.7 Å². The Morgan fingerprint density at radius 1 is 0.586 bits per heavy atom. The maximum absolute atomic E-state index is 9.45. The quantitative estimate of drug-likeness (QED) is 0.149. The van der Waals surface area contributed by atoms with E-state index in [9.17, 15) is 9.59 Å². The average molecular weight is 522 g/mol. The summed E-state index contributed by atoms with van der Waals surface area (Å²) in [5.41, 5.74) is 0. The molecule has 0 saturated carbocycles. The zero-order chi connectivity index (χ0) is 23.8. The molecule has 23 heteroatoms. The van der Waals surface area contributed by atoms with Crippen LogP contribution in [0.4, 0.5) is 0 Å². The third-order valence-corrected chi connectivity index (χ3v) is 0.715. The van der Waals surface area contributed by atoms with Gasteiger partial charge in [-0.15, -0.1) is 0 Å². The van der Waals surface area contributed by atoms with Crippen LogP contribution in [-0.4, -0.2) is 132 Å². The average Bonchev–Trinajstić information content (AvgIpc) is 2.21. The van der Waals surface area contributed by atoms with Crippen LogP contribution in [0.5, 0.6) is 0 Å². The summed E-state index contributed by atoms with van der Waals surface area (Å²) in [6, 6.07) is 0. The molecule has 168 valence electrons. The predicted octanol–water partition coefficient (Wildman–Crippen LogP) is -5.87. The Morgan fingerprint density at radius 2 is 0.621 bits per heavy atom. The van der Waals surface area contributed by atoms with Gasteiger partial charge in [0.05, 0.1) is 0 Å². The molecule has 2 unspecified atom stereocenters. The van der Waals surface area contributed by atoms with Gasteiger partial charge in [-0.25, -0.2) is 9.59 Å². The van der Waals surface area contributed by atoms with Gasteiger partial charge in [-0.05, 0) is 13.8 Å². The standard InChI is InChI=1S/2C3H6O3.2Al.3H2O4S/c2*1-2(4)3(5)6;;;3*1-5(2,3)4/h2*2,4H,1H3,(H,5,6);;;3*(H2,1,2,3,4)/q;;2*+3;;;/p-6. The third-order valence-electron chi connectivity index (χ3n) is 0.715. The molecular formula is C6H12Al2O18S3. The van der Waals surface area contributed by atoms with Crippen LogP contribution in [0.1, 0.15) is 13.8 Å². The molecule has 0 saturated heterocycles. The van der Waals surface area contributed by atoms with Crippen molar-refractivity contribution in [3.63, 3.8) is 0 Å². The first-order valence-electron chi connectivity index (χ1n) is 5.10. The van der Waals surface area contributed by atoms with Gasteiger partial charge < -0.3 is 47.7 Å². The van der Waals surface area contributed by atoms with E-state index in [1.165, 1.54) is 13.8 Å². The summed E-state index contributed by atoms with van der Waals surface area (Å²) >= 11 is 0. The van der Waals surface area contributed by atoms with Crippen LogP contribution in [0.2, 0.25) is 0 Å². The minimum Gasteiger partial charge on any atom is -0.759 e. The van der Waals surface area contributed by atoms with Crippen LogP contribution in [0.25, 0.3) is 0 Å². The van der Waals surface area contributed by atoms with Gasteiger partial charge in [-0.3, -0.25) is 25.3 Å². The molecule has 0 rings (SSSR count). The van der Waals surface area contributed by atoms with E-state index in [4.69, 9.17) is 73.0 Å². The molecule has 0 bridgehead atoms. The van der Waals surface area contributed by atoms with Gasteiger partial charge in [0, 0.05) is 31.2 Å². The van der Waals surface area contributed by atoms with Gasteiger partial charge in [0.15, 0.2) is 0 Å². The molecule has 0 aliphatic carbocycles. The van der Waals surface area contributed by atoms with Crippen LogP contribution < -0.4 is 0 Å². The first kappa shape index (κ1) is 46.7. The fraction of sp³-hybridized carbons (Fsp3) is 0.667. The Bertz CT molecular complexity index is 593. The molecule has 0 amide bonds. The molecular weight excluding hydrogens is 510 g/mol. The molecule has 0 aromatic heterocycles. The zero-order valence-electron chi connectivity index (χ0n) is 14.0. The maximum atomic E-state index is 9.45. The number of rotatable bonds is 2. The summed E-state index contributed by atoms with van der Waals surface area (Å²) < 4.78 is 102. The van der Waals surface area contributed by atoms with Gasteiger partial charge in [0.1, 0.15) is 12.2 Å². The molecule has 0 heterocycles. The van der Waals surface area contributed by atoms with Gasteiger partial charge in [-0.1, -0.05) is 0 Å². The molecule has 0 aliphatic heterocycles. The second kappa shape index (κ2) is 22.2. The molecule has 29 heavy (non-hydrogen) atoms. The summed E-state index contributed by atoms with van der Waals surface area (Å²) in [4.78, 5) is 18.9. The minimum atomic E-state index is -5.17. The molecule has 4 N–H and O–H groups in total. The number of hydrogen-bond acceptors (Lipinski definition) is 16. The number of aliphatic hydroxyl groups is 2. The fourth-order valence-corrected chi connectivity index (χ4v) is 0. The first-order valence-corrected chi connectivity index (χ1v) is 9.10. The number of aliphatic hydroxyl groups excluding tert-OH is 2. The van der Waals surface area contributed by atoms with Crippen molar-refractivity contribution >= 4 is 77.9 Å². The van der Waals surface area contributed by atoms with Crippen LogP contribution in [-0.2, 0) is 40.8 Å². The van der Waals surface area contributed by atoms with Crippen molar-refractivity contribution in [3.8, 4) is 0 Å². The number of hydrogen-bond donors (Lipinski definition) is 4. The van der Waals surface area contributed by atoms with Gasteiger partial charge in [0.25, 0.3) is 0 Å². The monoisotopic (exact) mass is 522 g/mol. The Hall–Kier alpha value is -0.465. The summed E-state index contributed by atoms with van der Waals surface area (Å²) in [6.45, 7) is 2.39. The SMILES string of the molecule is CC(O)C(=O)O.CC(O)C(=O)O.O=S(=O)([O-])[O-].O=S(=O)([O-])[O-].O=S(=O)([O-])[O-].[Al+3].[Al+3]. The van der Waals surface area contributed by atoms with E-state index in [1.54, 1.807) is 0 Å².